The highest BCUT2D eigenvalue weighted by atomic mass is 32.2. The maximum Gasteiger partial charge on any atom is 0.257 e. The van der Waals surface area contributed by atoms with Gasteiger partial charge in [-0.05, 0) is 63.1 Å². The van der Waals surface area contributed by atoms with E-state index in [-0.39, 0.29) is 16.8 Å². The van der Waals surface area contributed by atoms with Crippen LogP contribution in [0.15, 0.2) is 59.5 Å². The van der Waals surface area contributed by atoms with Gasteiger partial charge in [-0.2, -0.15) is 0 Å². The number of amides is 1. The van der Waals surface area contributed by atoms with E-state index in [4.69, 9.17) is 4.74 Å². The normalized spacial score (nSPS) is 13.8. The standard InChI is InChI=1S/C23H25N3O4S/c1-15-12-22(16(2)26(15)19-7-5-8-20(14-19)30-3)23(27)24-18-6-4-9-21(13-18)31(28,29)25-17-10-11-17/h4-9,12-14,17,25H,10-11H2,1-3H3,(H,24,27). The molecule has 0 unspecified atom stereocenters. The number of hydrogen-bond acceptors (Lipinski definition) is 4. The van der Waals surface area contributed by atoms with Gasteiger partial charge in [-0.1, -0.05) is 12.1 Å². The number of benzene rings is 2. The Bertz CT molecular complexity index is 1240. The van der Waals surface area contributed by atoms with Gasteiger partial charge in [0.15, 0.2) is 0 Å². The van der Waals surface area contributed by atoms with Crippen LogP contribution >= 0.6 is 0 Å². The summed E-state index contributed by atoms with van der Waals surface area (Å²) >= 11 is 0. The molecule has 7 nitrogen and oxygen atoms in total. The van der Waals surface area contributed by atoms with E-state index in [2.05, 4.69) is 10.0 Å². The minimum Gasteiger partial charge on any atom is -0.497 e. The second kappa shape index (κ2) is 8.20. The molecule has 1 saturated carbocycles. The Morgan fingerprint density at radius 1 is 1.06 bits per heavy atom. The lowest BCUT2D eigenvalue weighted by atomic mass is 10.2. The molecule has 2 N–H and O–H groups in total. The molecule has 1 fully saturated rings. The number of anilines is 1. The third-order valence-electron chi connectivity index (χ3n) is 5.29. The fraction of sp³-hybridized carbons (Fsp3) is 0.261. The third-order valence-corrected chi connectivity index (χ3v) is 6.81. The van der Waals surface area contributed by atoms with Gasteiger partial charge in [0.2, 0.25) is 10.0 Å². The van der Waals surface area contributed by atoms with E-state index < -0.39 is 10.0 Å². The summed E-state index contributed by atoms with van der Waals surface area (Å²) in [6.07, 6.45) is 1.72. The Hall–Kier alpha value is -3.10. The number of rotatable bonds is 7. The van der Waals surface area contributed by atoms with Gasteiger partial charge in [-0.25, -0.2) is 13.1 Å². The van der Waals surface area contributed by atoms with Gasteiger partial charge in [0.25, 0.3) is 5.91 Å². The number of ether oxygens (including phenoxy) is 1. The summed E-state index contributed by atoms with van der Waals surface area (Å²) in [5, 5.41) is 2.83. The second-order valence-corrected chi connectivity index (χ2v) is 9.41. The number of aromatic nitrogens is 1. The monoisotopic (exact) mass is 439 g/mol. The van der Waals surface area contributed by atoms with E-state index in [1.165, 1.54) is 12.1 Å². The van der Waals surface area contributed by atoms with Crippen molar-refractivity contribution in [2.75, 3.05) is 12.4 Å². The van der Waals surface area contributed by atoms with Crippen LogP contribution in [0.1, 0.15) is 34.6 Å². The first-order valence-corrected chi connectivity index (χ1v) is 11.5. The molecule has 0 bridgehead atoms. The lowest BCUT2D eigenvalue weighted by Crippen LogP contribution is -2.25. The van der Waals surface area contributed by atoms with Crippen molar-refractivity contribution in [3.63, 3.8) is 0 Å². The number of hydrogen-bond donors (Lipinski definition) is 2. The number of carbonyl (C=O) groups is 1. The number of aryl methyl sites for hydroxylation is 1. The van der Waals surface area contributed by atoms with E-state index in [9.17, 15) is 13.2 Å². The smallest absolute Gasteiger partial charge is 0.257 e. The number of nitrogens with zero attached hydrogens (tertiary/aromatic N) is 1. The summed E-state index contributed by atoms with van der Waals surface area (Å²) < 4.78 is 34.9. The minimum atomic E-state index is -3.59. The van der Waals surface area contributed by atoms with E-state index in [1.807, 2.05) is 48.7 Å². The molecule has 0 saturated heterocycles. The lowest BCUT2D eigenvalue weighted by molar-refractivity contribution is 0.102. The second-order valence-electron chi connectivity index (χ2n) is 7.70. The van der Waals surface area contributed by atoms with Gasteiger partial charge in [0.05, 0.1) is 17.6 Å². The zero-order valence-electron chi connectivity index (χ0n) is 17.7. The van der Waals surface area contributed by atoms with Crippen molar-refractivity contribution in [1.29, 1.82) is 0 Å². The van der Waals surface area contributed by atoms with Crippen molar-refractivity contribution in [1.82, 2.24) is 9.29 Å². The predicted molar refractivity (Wildman–Crippen MR) is 120 cm³/mol. The average molecular weight is 440 g/mol. The molecule has 0 aliphatic heterocycles. The average Bonchev–Trinajstić information content (AvgIpc) is 3.50. The topological polar surface area (TPSA) is 89.4 Å². The largest absolute Gasteiger partial charge is 0.497 e. The maximum absolute atomic E-state index is 13.0. The Morgan fingerprint density at radius 3 is 2.52 bits per heavy atom. The van der Waals surface area contributed by atoms with Crippen molar-refractivity contribution in [3.8, 4) is 11.4 Å². The molecule has 4 rings (SSSR count). The maximum atomic E-state index is 13.0. The van der Waals surface area contributed by atoms with Gasteiger partial charge in [-0.3, -0.25) is 4.79 Å². The summed E-state index contributed by atoms with van der Waals surface area (Å²) in [5.74, 6) is 0.431. The molecular weight excluding hydrogens is 414 g/mol. The molecule has 2 aromatic carbocycles. The third kappa shape index (κ3) is 4.50. The van der Waals surface area contributed by atoms with Crippen LogP contribution in [0.5, 0.6) is 5.75 Å². The SMILES string of the molecule is COc1cccc(-n2c(C)cc(C(=O)Nc3cccc(S(=O)(=O)NC4CC4)c3)c2C)c1. The Labute approximate surface area is 182 Å². The number of methoxy groups -OCH3 is 1. The first-order valence-electron chi connectivity index (χ1n) is 10.1. The summed E-state index contributed by atoms with van der Waals surface area (Å²) in [4.78, 5) is 13.1. The number of nitrogens with one attached hydrogen (secondary N) is 2. The summed E-state index contributed by atoms with van der Waals surface area (Å²) in [7, 11) is -1.98. The van der Waals surface area contributed by atoms with Crippen LogP contribution in [0.25, 0.3) is 5.69 Å². The van der Waals surface area contributed by atoms with Crippen molar-refractivity contribution in [3.05, 3.63) is 71.5 Å². The van der Waals surface area contributed by atoms with Gasteiger partial charge in [0, 0.05) is 34.9 Å². The fourth-order valence-electron chi connectivity index (χ4n) is 3.57. The van der Waals surface area contributed by atoms with Crippen LogP contribution in [-0.2, 0) is 10.0 Å². The summed E-state index contributed by atoms with van der Waals surface area (Å²) in [6, 6.07) is 15.8. The zero-order valence-corrected chi connectivity index (χ0v) is 18.5. The summed E-state index contributed by atoms with van der Waals surface area (Å²) in [5.41, 5.74) is 3.52. The van der Waals surface area contributed by atoms with Crippen LogP contribution in [0.3, 0.4) is 0 Å². The molecule has 1 aromatic heterocycles. The van der Waals surface area contributed by atoms with Gasteiger partial charge < -0.3 is 14.6 Å². The van der Waals surface area contributed by atoms with Crippen molar-refractivity contribution in [2.24, 2.45) is 0 Å². The van der Waals surface area contributed by atoms with Crippen LogP contribution < -0.4 is 14.8 Å². The Kier molecular flexibility index (Phi) is 5.60. The van der Waals surface area contributed by atoms with Gasteiger partial charge in [-0.15, -0.1) is 0 Å². The zero-order chi connectivity index (χ0) is 22.2. The molecule has 1 heterocycles. The van der Waals surface area contributed by atoms with E-state index >= 15 is 0 Å². The molecule has 162 valence electrons. The van der Waals surface area contributed by atoms with Gasteiger partial charge in [0.1, 0.15) is 5.75 Å². The van der Waals surface area contributed by atoms with Crippen LogP contribution in [0.4, 0.5) is 5.69 Å². The van der Waals surface area contributed by atoms with E-state index in [0.717, 1.165) is 35.7 Å². The van der Waals surface area contributed by atoms with Crippen LogP contribution in [-0.4, -0.2) is 32.0 Å². The molecule has 0 spiro atoms. The molecule has 1 aliphatic carbocycles. The van der Waals surface area contributed by atoms with Crippen molar-refractivity contribution >= 4 is 21.6 Å². The van der Waals surface area contributed by atoms with Crippen molar-refractivity contribution in [2.45, 2.75) is 37.6 Å². The van der Waals surface area contributed by atoms with Crippen LogP contribution in [0, 0.1) is 13.8 Å². The first-order chi connectivity index (χ1) is 14.8. The molecule has 0 radical (unpaired) electrons. The van der Waals surface area contributed by atoms with E-state index in [0.29, 0.717) is 11.3 Å². The Balaban J connectivity index is 1.59. The predicted octanol–water partition coefficient (Wildman–Crippen LogP) is 3.80. The van der Waals surface area contributed by atoms with E-state index in [1.54, 1.807) is 19.2 Å². The molecule has 0 atom stereocenters. The Morgan fingerprint density at radius 2 is 1.81 bits per heavy atom. The first kappa shape index (κ1) is 21.1. The van der Waals surface area contributed by atoms with Crippen LogP contribution in [0.2, 0.25) is 0 Å². The quantitative estimate of drug-likeness (QED) is 0.586. The van der Waals surface area contributed by atoms with Gasteiger partial charge >= 0.3 is 0 Å². The number of sulfonamides is 1. The lowest BCUT2D eigenvalue weighted by Gasteiger charge is -2.12. The highest BCUT2D eigenvalue weighted by molar-refractivity contribution is 7.89. The van der Waals surface area contributed by atoms with Crippen molar-refractivity contribution < 1.29 is 17.9 Å². The summed E-state index contributed by atoms with van der Waals surface area (Å²) in [6.45, 7) is 3.81. The fourth-order valence-corrected chi connectivity index (χ4v) is 4.92. The number of carbonyl (C=O) groups excluding carboxylic acids is 1. The minimum absolute atomic E-state index is 0.0187. The molecule has 8 heteroatoms. The molecule has 1 aliphatic rings. The molecule has 3 aromatic rings. The molecule has 31 heavy (non-hydrogen) atoms. The molecule has 1 amide bonds. The molecular formula is C23H25N3O4S. The highest BCUT2D eigenvalue weighted by Gasteiger charge is 2.28. The highest BCUT2D eigenvalue weighted by Crippen LogP contribution is 2.26.